The number of epoxide rings is 3. The van der Waals surface area contributed by atoms with Gasteiger partial charge in [-0.3, -0.25) is 0 Å². The Labute approximate surface area is 274 Å². The van der Waals surface area contributed by atoms with E-state index in [9.17, 15) is 0 Å². The molecule has 4 aromatic rings. The predicted octanol–water partition coefficient (Wildman–Crippen LogP) is 8.28. The van der Waals surface area contributed by atoms with Gasteiger partial charge in [0.1, 0.15) is 36.9 Å². The van der Waals surface area contributed by atoms with E-state index in [0.717, 1.165) is 44.2 Å². The average molecular weight is 621 g/mol. The molecule has 0 aromatic heterocycles. The third-order valence-corrected chi connectivity index (χ3v) is 9.56. The zero-order valence-corrected chi connectivity index (χ0v) is 28.0. The molecule has 0 aliphatic carbocycles. The van der Waals surface area contributed by atoms with Gasteiger partial charge in [-0.25, -0.2) is 0 Å². The molecule has 0 spiro atoms. The van der Waals surface area contributed by atoms with Crippen molar-refractivity contribution in [1.29, 1.82) is 0 Å². The van der Waals surface area contributed by atoms with E-state index in [0.29, 0.717) is 19.3 Å². The number of ether oxygens (including phenoxy) is 5. The lowest BCUT2D eigenvalue weighted by Gasteiger charge is -2.33. The van der Waals surface area contributed by atoms with Crippen LogP contribution in [0, 0.1) is 0 Å². The minimum Gasteiger partial charge on any atom is -0.491 e. The van der Waals surface area contributed by atoms with Gasteiger partial charge < -0.3 is 23.7 Å². The number of hydrogen-bond donors (Lipinski definition) is 0. The molecule has 3 fully saturated rings. The van der Waals surface area contributed by atoms with Gasteiger partial charge in [-0.1, -0.05) is 100 Å². The van der Waals surface area contributed by atoms with Crippen molar-refractivity contribution >= 4 is 0 Å². The first kappa shape index (κ1) is 32.3. The molecule has 3 saturated heterocycles. The van der Waals surface area contributed by atoms with Crippen LogP contribution in [-0.2, 0) is 31.5 Å². The highest BCUT2D eigenvalue weighted by molar-refractivity contribution is 5.52. The molecular formula is C41H48O5. The van der Waals surface area contributed by atoms with E-state index < -0.39 is 0 Å². The molecular weight excluding hydrogens is 572 g/mol. The Hall–Kier alpha value is -3.64. The summed E-state index contributed by atoms with van der Waals surface area (Å²) in [4.78, 5) is 0. The smallest absolute Gasteiger partial charge is 0.119 e. The third kappa shape index (κ3) is 7.66. The van der Waals surface area contributed by atoms with E-state index in [1.54, 1.807) is 0 Å². The van der Waals surface area contributed by atoms with Crippen LogP contribution in [-0.4, -0.2) is 51.3 Å². The van der Waals surface area contributed by atoms with E-state index in [4.69, 9.17) is 23.7 Å². The molecule has 0 saturated carbocycles. The molecule has 3 aliphatic rings. The van der Waals surface area contributed by atoms with Crippen molar-refractivity contribution < 1.29 is 23.7 Å². The molecule has 4 aromatic carbocycles. The first-order valence-corrected chi connectivity index (χ1v) is 16.9. The molecule has 0 bridgehead atoms. The maximum absolute atomic E-state index is 5.95. The van der Waals surface area contributed by atoms with E-state index in [2.05, 4.69) is 118 Å². The maximum atomic E-state index is 5.95. The summed E-state index contributed by atoms with van der Waals surface area (Å²) in [5.41, 5.74) is 7.11. The lowest BCUT2D eigenvalue weighted by molar-refractivity contribution is 0.263. The fourth-order valence-electron chi connectivity index (χ4n) is 6.01. The van der Waals surface area contributed by atoms with E-state index >= 15 is 0 Å². The summed E-state index contributed by atoms with van der Waals surface area (Å²) >= 11 is 0. The summed E-state index contributed by atoms with van der Waals surface area (Å²) in [5.74, 6) is 1.73. The van der Waals surface area contributed by atoms with Crippen LogP contribution in [0.15, 0.2) is 97.1 Å². The van der Waals surface area contributed by atoms with Crippen LogP contribution < -0.4 is 9.47 Å². The minimum absolute atomic E-state index is 0.123. The third-order valence-electron chi connectivity index (χ3n) is 9.56. The molecule has 5 nitrogen and oxygen atoms in total. The van der Waals surface area contributed by atoms with Gasteiger partial charge in [-0.05, 0) is 77.4 Å². The van der Waals surface area contributed by atoms with Crippen molar-refractivity contribution in [3.63, 3.8) is 0 Å². The Morgan fingerprint density at radius 1 is 0.522 bits per heavy atom. The summed E-state index contributed by atoms with van der Waals surface area (Å²) in [7, 11) is 0. The van der Waals surface area contributed by atoms with E-state index in [1.165, 1.54) is 33.4 Å². The van der Waals surface area contributed by atoms with Crippen LogP contribution in [0.25, 0.3) is 0 Å². The van der Waals surface area contributed by atoms with Gasteiger partial charge in [0.2, 0.25) is 0 Å². The number of benzene rings is 4. The average Bonchev–Trinajstić information content (AvgIpc) is 3.94. The van der Waals surface area contributed by atoms with Gasteiger partial charge in [0, 0.05) is 10.8 Å². The number of hydrogen-bond acceptors (Lipinski definition) is 5. The lowest BCUT2D eigenvalue weighted by Crippen LogP contribution is -2.26. The first-order valence-electron chi connectivity index (χ1n) is 16.9. The zero-order valence-electron chi connectivity index (χ0n) is 28.0. The van der Waals surface area contributed by atoms with Crippen LogP contribution >= 0.6 is 0 Å². The van der Waals surface area contributed by atoms with Gasteiger partial charge in [0.25, 0.3) is 0 Å². The summed E-state index contributed by atoms with van der Waals surface area (Å²) in [6.07, 6.45) is 3.12. The standard InChI is InChI=1S/C39H42O5.C2H6/c1-38(2,28-7-4-27(5-8-28)6-17-35-22-42-35)29-9-11-30(12-10-29)39(3,31-13-18-33(19-14-31)40-23-36-25-43-36)32-15-20-34(21-16-32)41-24-37-26-44-37;1-2/h4-5,7-16,18-21,35-37H,6,17,22-26H2,1-3H3;1-2H3. The predicted molar refractivity (Wildman–Crippen MR) is 183 cm³/mol. The minimum atomic E-state index is -0.383. The van der Waals surface area contributed by atoms with Crippen molar-refractivity contribution in [3.8, 4) is 11.5 Å². The van der Waals surface area contributed by atoms with Crippen LogP contribution in [0.5, 0.6) is 11.5 Å². The van der Waals surface area contributed by atoms with E-state index in [1.807, 2.05) is 13.8 Å². The largest absolute Gasteiger partial charge is 0.491 e. The molecule has 0 amide bonds. The van der Waals surface area contributed by atoms with Crippen molar-refractivity contribution in [2.24, 2.45) is 0 Å². The Morgan fingerprint density at radius 3 is 1.26 bits per heavy atom. The Balaban J connectivity index is 0.00000182. The van der Waals surface area contributed by atoms with Crippen LogP contribution in [0.4, 0.5) is 0 Å². The molecule has 3 unspecified atom stereocenters. The topological polar surface area (TPSA) is 56.0 Å². The highest BCUT2D eigenvalue weighted by atomic mass is 16.6. The molecule has 3 heterocycles. The second-order valence-corrected chi connectivity index (χ2v) is 13.1. The van der Waals surface area contributed by atoms with Gasteiger partial charge in [-0.15, -0.1) is 0 Å². The Morgan fingerprint density at radius 2 is 0.870 bits per heavy atom. The molecule has 0 N–H and O–H groups in total. The van der Waals surface area contributed by atoms with Crippen molar-refractivity contribution in [3.05, 3.63) is 130 Å². The van der Waals surface area contributed by atoms with Crippen molar-refractivity contribution in [2.45, 2.75) is 76.6 Å². The van der Waals surface area contributed by atoms with Gasteiger partial charge in [0.05, 0.1) is 25.9 Å². The fourth-order valence-corrected chi connectivity index (χ4v) is 6.01. The van der Waals surface area contributed by atoms with E-state index in [-0.39, 0.29) is 23.0 Å². The fraction of sp³-hybridized carbons (Fsp3) is 0.415. The number of rotatable bonds is 14. The maximum Gasteiger partial charge on any atom is 0.119 e. The second-order valence-electron chi connectivity index (χ2n) is 13.1. The van der Waals surface area contributed by atoms with Crippen LogP contribution in [0.3, 0.4) is 0 Å². The molecule has 0 radical (unpaired) electrons. The SMILES string of the molecule is CC.CC(C)(c1ccc(CCC2CO2)cc1)c1ccc(C(C)(c2ccc(OCC3CO3)cc2)c2ccc(OCC3CO3)cc2)cc1. The molecule has 242 valence electrons. The van der Waals surface area contributed by atoms with Crippen molar-refractivity contribution in [1.82, 2.24) is 0 Å². The monoisotopic (exact) mass is 620 g/mol. The van der Waals surface area contributed by atoms with Crippen LogP contribution in [0.1, 0.15) is 74.4 Å². The second kappa shape index (κ2) is 14.0. The quantitative estimate of drug-likeness (QED) is 0.105. The molecule has 3 atom stereocenters. The van der Waals surface area contributed by atoms with Gasteiger partial charge in [-0.2, -0.15) is 0 Å². The molecule has 3 aliphatic heterocycles. The zero-order chi connectivity index (χ0) is 32.1. The summed E-state index contributed by atoms with van der Waals surface area (Å²) < 4.78 is 27.9. The number of aryl methyl sites for hydroxylation is 1. The molecule has 7 rings (SSSR count). The summed E-state index contributed by atoms with van der Waals surface area (Å²) in [6.45, 7) is 14.6. The molecule has 5 heteroatoms. The highest BCUT2D eigenvalue weighted by Crippen LogP contribution is 2.41. The summed E-state index contributed by atoms with van der Waals surface area (Å²) in [6, 6.07) is 35.4. The normalized spacial score (nSPS) is 20.9. The molecule has 46 heavy (non-hydrogen) atoms. The first-order chi connectivity index (χ1) is 22.4. The van der Waals surface area contributed by atoms with Gasteiger partial charge in [0.15, 0.2) is 0 Å². The Bertz CT molecular complexity index is 1470. The summed E-state index contributed by atoms with van der Waals surface area (Å²) in [5, 5.41) is 0. The van der Waals surface area contributed by atoms with Crippen LogP contribution in [0.2, 0.25) is 0 Å². The van der Waals surface area contributed by atoms with Gasteiger partial charge >= 0.3 is 0 Å². The lowest BCUT2D eigenvalue weighted by atomic mass is 9.70. The van der Waals surface area contributed by atoms with Crippen molar-refractivity contribution in [2.75, 3.05) is 33.0 Å². The highest BCUT2D eigenvalue weighted by Gasteiger charge is 2.33. The Kier molecular flexibility index (Phi) is 9.84.